The van der Waals surface area contributed by atoms with Crippen LogP contribution < -0.4 is 4.74 Å². The van der Waals surface area contributed by atoms with Crippen molar-refractivity contribution in [2.24, 2.45) is 10.2 Å². The number of hydrogen-bond acceptors (Lipinski definition) is 4. The van der Waals surface area contributed by atoms with E-state index in [4.69, 9.17) is 9.47 Å². The van der Waals surface area contributed by atoms with Gasteiger partial charge in [0.2, 0.25) is 0 Å². The summed E-state index contributed by atoms with van der Waals surface area (Å²) in [7, 11) is 0. The zero-order valence-electron chi connectivity index (χ0n) is 11.3. The molecule has 0 atom stereocenters. The van der Waals surface area contributed by atoms with E-state index < -0.39 is 17.8 Å². The SMILES string of the molecule is Cc1cccc(OC(=O)/N=N/C(=O)OC(C)(C)C)c1. The van der Waals surface area contributed by atoms with Crippen LogP contribution in [0.5, 0.6) is 5.75 Å². The first-order valence-corrected chi connectivity index (χ1v) is 5.69. The molecule has 0 unspecified atom stereocenters. The van der Waals surface area contributed by atoms with Crippen LogP contribution in [-0.4, -0.2) is 17.8 Å². The predicted molar refractivity (Wildman–Crippen MR) is 68.3 cm³/mol. The van der Waals surface area contributed by atoms with Crippen LogP contribution in [0.2, 0.25) is 0 Å². The number of azo groups is 1. The molecule has 0 aliphatic heterocycles. The maximum Gasteiger partial charge on any atom is 0.458 e. The van der Waals surface area contributed by atoms with E-state index in [9.17, 15) is 9.59 Å². The fourth-order valence-corrected chi connectivity index (χ4v) is 1.16. The number of benzene rings is 1. The molecular weight excluding hydrogens is 248 g/mol. The van der Waals surface area contributed by atoms with Crippen molar-refractivity contribution in [3.8, 4) is 5.75 Å². The second-order valence-electron chi connectivity index (χ2n) is 4.86. The number of amides is 2. The molecule has 0 N–H and O–H groups in total. The Kier molecular flexibility index (Phi) is 4.74. The first-order valence-electron chi connectivity index (χ1n) is 5.69. The second-order valence-corrected chi connectivity index (χ2v) is 4.86. The number of nitrogens with zero attached hydrogens (tertiary/aromatic N) is 2. The molecule has 0 fully saturated rings. The average molecular weight is 264 g/mol. The van der Waals surface area contributed by atoms with E-state index in [1.54, 1.807) is 39.0 Å². The van der Waals surface area contributed by atoms with Crippen LogP contribution in [0.4, 0.5) is 9.59 Å². The van der Waals surface area contributed by atoms with E-state index in [0.717, 1.165) is 5.56 Å². The van der Waals surface area contributed by atoms with E-state index in [1.165, 1.54) is 0 Å². The van der Waals surface area contributed by atoms with Crippen LogP contribution in [0, 0.1) is 6.92 Å². The van der Waals surface area contributed by atoms with Crippen molar-refractivity contribution in [1.29, 1.82) is 0 Å². The lowest BCUT2D eigenvalue weighted by atomic mass is 10.2. The monoisotopic (exact) mass is 264 g/mol. The average Bonchev–Trinajstić information content (AvgIpc) is 2.24. The van der Waals surface area contributed by atoms with Crippen molar-refractivity contribution in [3.05, 3.63) is 29.8 Å². The van der Waals surface area contributed by atoms with Gasteiger partial charge in [0.15, 0.2) is 0 Å². The van der Waals surface area contributed by atoms with Gasteiger partial charge in [-0.05, 0) is 45.4 Å². The molecule has 0 spiro atoms. The van der Waals surface area contributed by atoms with Crippen molar-refractivity contribution in [1.82, 2.24) is 0 Å². The Bertz CT molecular complexity index is 504. The largest absolute Gasteiger partial charge is 0.458 e. The highest BCUT2D eigenvalue weighted by molar-refractivity contribution is 5.74. The Balaban J connectivity index is 2.54. The van der Waals surface area contributed by atoms with Gasteiger partial charge in [0.1, 0.15) is 11.4 Å². The van der Waals surface area contributed by atoms with Gasteiger partial charge in [-0.1, -0.05) is 22.4 Å². The van der Waals surface area contributed by atoms with Crippen LogP contribution >= 0.6 is 0 Å². The van der Waals surface area contributed by atoms with Gasteiger partial charge in [0.25, 0.3) is 0 Å². The lowest BCUT2D eigenvalue weighted by molar-refractivity contribution is 0.0589. The molecule has 0 radical (unpaired) electrons. The molecule has 6 nitrogen and oxygen atoms in total. The highest BCUT2D eigenvalue weighted by atomic mass is 16.6. The zero-order chi connectivity index (χ0) is 14.5. The summed E-state index contributed by atoms with van der Waals surface area (Å²) in [5.41, 5.74) is 0.255. The molecule has 1 rings (SSSR count). The molecule has 0 aliphatic carbocycles. The first kappa shape index (κ1) is 14.8. The maximum absolute atomic E-state index is 11.3. The number of hydrogen-bond donors (Lipinski definition) is 0. The van der Waals surface area contributed by atoms with Crippen molar-refractivity contribution in [3.63, 3.8) is 0 Å². The van der Waals surface area contributed by atoms with E-state index in [0.29, 0.717) is 5.75 Å². The van der Waals surface area contributed by atoms with Gasteiger partial charge in [-0.3, -0.25) is 0 Å². The van der Waals surface area contributed by atoms with Crippen LogP contribution in [0.25, 0.3) is 0 Å². The highest BCUT2D eigenvalue weighted by Crippen LogP contribution is 2.13. The molecule has 19 heavy (non-hydrogen) atoms. The van der Waals surface area contributed by atoms with Gasteiger partial charge >= 0.3 is 12.2 Å². The van der Waals surface area contributed by atoms with Crippen molar-refractivity contribution in [2.75, 3.05) is 0 Å². The molecule has 1 aromatic rings. The van der Waals surface area contributed by atoms with Gasteiger partial charge in [-0.2, -0.15) is 0 Å². The molecular formula is C13H16N2O4. The van der Waals surface area contributed by atoms with Crippen LogP contribution in [0.3, 0.4) is 0 Å². The molecule has 0 saturated carbocycles. The Morgan fingerprint density at radius 3 is 2.32 bits per heavy atom. The first-order chi connectivity index (χ1) is 8.76. The van der Waals surface area contributed by atoms with Gasteiger partial charge in [0, 0.05) is 0 Å². The summed E-state index contributed by atoms with van der Waals surface area (Å²) < 4.78 is 9.72. The number of aryl methyl sites for hydroxylation is 1. The minimum absolute atomic E-state index is 0.341. The van der Waals surface area contributed by atoms with Crippen LogP contribution in [0.1, 0.15) is 26.3 Å². The third-order valence-electron chi connectivity index (χ3n) is 1.80. The molecule has 2 amide bonds. The minimum Gasteiger partial charge on any atom is -0.441 e. The van der Waals surface area contributed by atoms with Crippen molar-refractivity contribution in [2.45, 2.75) is 33.3 Å². The molecule has 6 heteroatoms. The van der Waals surface area contributed by atoms with Crippen LogP contribution in [0.15, 0.2) is 34.5 Å². The number of carbonyl (C=O) groups excluding carboxylic acids is 2. The summed E-state index contributed by atoms with van der Waals surface area (Å²) in [6.07, 6.45) is -1.91. The maximum atomic E-state index is 11.3. The predicted octanol–water partition coefficient (Wildman–Crippen LogP) is 3.88. The van der Waals surface area contributed by atoms with Crippen LogP contribution in [-0.2, 0) is 4.74 Å². The van der Waals surface area contributed by atoms with E-state index in [2.05, 4.69) is 10.2 Å². The summed E-state index contributed by atoms with van der Waals surface area (Å²) in [4.78, 5) is 22.5. The normalized spacial score (nSPS) is 11.4. The lowest BCUT2D eigenvalue weighted by Crippen LogP contribution is -2.21. The van der Waals surface area contributed by atoms with E-state index in [-0.39, 0.29) is 0 Å². The van der Waals surface area contributed by atoms with Crippen molar-refractivity contribution >= 4 is 12.2 Å². The van der Waals surface area contributed by atoms with E-state index in [1.807, 2.05) is 13.0 Å². The number of ether oxygens (including phenoxy) is 2. The highest BCUT2D eigenvalue weighted by Gasteiger charge is 2.16. The molecule has 0 bridgehead atoms. The lowest BCUT2D eigenvalue weighted by Gasteiger charge is -2.16. The third kappa shape index (κ3) is 6.30. The summed E-state index contributed by atoms with van der Waals surface area (Å²) in [5.74, 6) is 0.341. The number of rotatable bonds is 1. The fraction of sp³-hybridized carbons (Fsp3) is 0.385. The Morgan fingerprint density at radius 2 is 1.74 bits per heavy atom. The summed E-state index contributed by atoms with van der Waals surface area (Å²) >= 11 is 0. The summed E-state index contributed by atoms with van der Waals surface area (Å²) in [6, 6.07) is 6.87. The molecule has 0 aromatic heterocycles. The molecule has 102 valence electrons. The zero-order valence-corrected chi connectivity index (χ0v) is 11.3. The third-order valence-corrected chi connectivity index (χ3v) is 1.80. The Morgan fingerprint density at radius 1 is 1.11 bits per heavy atom. The molecule has 0 heterocycles. The van der Waals surface area contributed by atoms with Gasteiger partial charge in [0.05, 0.1) is 0 Å². The molecule has 1 aromatic carbocycles. The summed E-state index contributed by atoms with van der Waals surface area (Å²) in [6.45, 7) is 6.92. The smallest absolute Gasteiger partial charge is 0.441 e. The van der Waals surface area contributed by atoms with Gasteiger partial charge in [-0.15, -0.1) is 0 Å². The molecule has 0 saturated heterocycles. The minimum atomic E-state index is -0.976. The van der Waals surface area contributed by atoms with Crippen molar-refractivity contribution < 1.29 is 19.1 Å². The van der Waals surface area contributed by atoms with E-state index >= 15 is 0 Å². The quantitative estimate of drug-likeness (QED) is 0.721. The fourth-order valence-electron chi connectivity index (χ4n) is 1.16. The molecule has 0 aliphatic rings. The van der Waals surface area contributed by atoms with Gasteiger partial charge in [-0.25, -0.2) is 9.59 Å². The Labute approximate surface area is 111 Å². The second kappa shape index (κ2) is 6.08. The number of carbonyl (C=O) groups is 2. The summed E-state index contributed by atoms with van der Waals surface area (Å²) in [5, 5.41) is 6.24. The topological polar surface area (TPSA) is 77.3 Å². The Hall–Kier alpha value is -2.24. The standard InChI is InChI=1S/C13H16N2O4/c1-9-6-5-7-10(8-9)18-11(16)14-15-12(17)19-13(2,3)4/h5-8H,1-4H3/b15-14+. The van der Waals surface area contributed by atoms with Gasteiger partial charge < -0.3 is 9.47 Å².